The third-order valence-electron chi connectivity index (χ3n) is 3.94. The Morgan fingerprint density at radius 1 is 1.14 bits per heavy atom. The highest BCUT2D eigenvalue weighted by atomic mass is 127. The summed E-state index contributed by atoms with van der Waals surface area (Å²) in [5, 5.41) is 14.1. The number of carbonyl (C=O) groups excluding carboxylic acids is 1. The maximum atomic E-state index is 12.8. The van der Waals surface area contributed by atoms with Gasteiger partial charge >= 0.3 is 5.97 Å². The number of hydrogen-bond donors (Lipinski definition) is 2. The highest BCUT2D eigenvalue weighted by molar-refractivity contribution is 14.1. The molecule has 0 atom stereocenters. The SMILES string of the molecule is COc1cc(Cl)c(C(=O)Nc2scc(-c3cccc(I)c3)c2C(=O)O)c(Cl)c1Cl. The number of methoxy groups -OCH3 is 1. The molecule has 5 nitrogen and oxygen atoms in total. The third-order valence-corrected chi connectivity index (χ3v) is 6.65. The number of amides is 1. The van der Waals surface area contributed by atoms with E-state index in [2.05, 4.69) is 27.9 Å². The fraction of sp³-hybridized carbons (Fsp3) is 0.0526. The number of hydrogen-bond acceptors (Lipinski definition) is 4. The van der Waals surface area contributed by atoms with Crippen molar-refractivity contribution in [1.29, 1.82) is 0 Å². The van der Waals surface area contributed by atoms with Gasteiger partial charge in [0.1, 0.15) is 21.3 Å². The second-order valence-electron chi connectivity index (χ2n) is 5.69. The molecule has 3 aromatic rings. The molecule has 3 rings (SSSR count). The molecule has 0 radical (unpaired) electrons. The summed E-state index contributed by atoms with van der Waals surface area (Å²) in [5.74, 6) is -1.62. The van der Waals surface area contributed by atoms with Crippen LogP contribution < -0.4 is 10.1 Å². The van der Waals surface area contributed by atoms with E-state index in [1.54, 1.807) is 11.4 Å². The van der Waals surface area contributed by atoms with E-state index in [4.69, 9.17) is 39.5 Å². The van der Waals surface area contributed by atoms with Crippen molar-refractivity contribution < 1.29 is 19.4 Å². The topological polar surface area (TPSA) is 75.6 Å². The molecule has 1 heterocycles. The van der Waals surface area contributed by atoms with Crippen molar-refractivity contribution >= 4 is 85.6 Å². The van der Waals surface area contributed by atoms with Gasteiger partial charge in [-0.15, -0.1) is 11.3 Å². The number of benzene rings is 2. The molecule has 29 heavy (non-hydrogen) atoms. The van der Waals surface area contributed by atoms with Gasteiger partial charge in [0.2, 0.25) is 0 Å². The summed E-state index contributed by atoms with van der Waals surface area (Å²) < 4.78 is 6.02. The molecule has 0 aliphatic carbocycles. The van der Waals surface area contributed by atoms with Gasteiger partial charge in [-0.1, -0.05) is 46.9 Å². The van der Waals surface area contributed by atoms with Crippen molar-refractivity contribution in [3.05, 3.63) is 65.5 Å². The van der Waals surface area contributed by atoms with Crippen LogP contribution in [-0.4, -0.2) is 24.1 Å². The lowest BCUT2D eigenvalue weighted by molar-refractivity contribution is 0.0699. The molecule has 1 aromatic heterocycles. The number of halogens is 4. The molecule has 10 heteroatoms. The molecule has 0 unspecified atom stereocenters. The zero-order valence-electron chi connectivity index (χ0n) is 14.6. The summed E-state index contributed by atoms with van der Waals surface area (Å²) in [6, 6.07) is 8.76. The van der Waals surface area contributed by atoms with E-state index in [-0.39, 0.29) is 36.9 Å². The number of carbonyl (C=O) groups is 2. The lowest BCUT2D eigenvalue weighted by Crippen LogP contribution is -2.15. The molecular weight excluding hydrogens is 572 g/mol. The zero-order valence-corrected chi connectivity index (χ0v) is 19.8. The molecular formula is C19H11Cl3INO4S. The minimum atomic E-state index is -1.17. The van der Waals surface area contributed by atoms with Crippen LogP contribution in [0.4, 0.5) is 5.00 Å². The van der Waals surface area contributed by atoms with Gasteiger partial charge in [-0.2, -0.15) is 0 Å². The first kappa shape index (κ1) is 22.2. The average Bonchev–Trinajstić information content (AvgIpc) is 3.08. The van der Waals surface area contributed by atoms with Crippen molar-refractivity contribution in [3.63, 3.8) is 0 Å². The molecule has 0 bridgehead atoms. The summed E-state index contributed by atoms with van der Waals surface area (Å²) >= 11 is 21.7. The zero-order chi connectivity index (χ0) is 21.3. The van der Waals surface area contributed by atoms with Crippen LogP contribution in [0.2, 0.25) is 15.1 Å². The molecule has 1 amide bonds. The molecule has 0 aliphatic rings. The number of carboxylic acid groups (broad SMARTS) is 1. The normalized spacial score (nSPS) is 10.7. The smallest absolute Gasteiger partial charge is 0.339 e. The van der Waals surface area contributed by atoms with E-state index in [0.717, 1.165) is 20.5 Å². The largest absolute Gasteiger partial charge is 0.495 e. The summed E-state index contributed by atoms with van der Waals surface area (Å²) in [4.78, 5) is 24.7. The van der Waals surface area contributed by atoms with E-state index in [9.17, 15) is 14.7 Å². The average molecular weight is 583 g/mol. The third kappa shape index (κ3) is 4.49. The van der Waals surface area contributed by atoms with Crippen LogP contribution in [0, 0.1) is 3.57 Å². The van der Waals surface area contributed by atoms with Crippen LogP contribution in [0.1, 0.15) is 20.7 Å². The second-order valence-corrected chi connectivity index (χ2v) is 8.98. The first-order chi connectivity index (χ1) is 13.7. The minimum Gasteiger partial charge on any atom is -0.495 e. The Hall–Kier alpha value is -1.52. The van der Waals surface area contributed by atoms with Crippen LogP contribution in [0.15, 0.2) is 35.7 Å². The quantitative estimate of drug-likeness (QED) is 0.253. The van der Waals surface area contributed by atoms with Crippen molar-refractivity contribution in [2.75, 3.05) is 12.4 Å². The molecule has 0 saturated carbocycles. The lowest BCUT2D eigenvalue weighted by atomic mass is 10.0. The predicted molar refractivity (Wildman–Crippen MR) is 125 cm³/mol. The molecule has 2 N–H and O–H groups in total. The number of aromatic carboxylic acids is 1. The van der Waals surface area contributed by atoms with E-state index in [1.165, 1.54) is 13.2 Å². The number of ether oxygens (including phenoxy) is 1. The Balaban J connectivity index is 2.03. The van der Waals surface area contributed by atoms with Gasteiger partial charge in [-0.05, 0) is 40.3 Å². The van der Waals surface area contributed by atoms with Crippen LogP contribution in [0.25, 0.3) is 11.1 Å². The molecule has 2 aromatic carbocycles. The van der Waals surface area contributed by atoms with Gasteiger partial charge in [-0.3, -0.25) is 4.79 Å². The maximum absolute atomic E-state index is 12.8. The van der Waals surface area contributed by atoms with Crippen molar-refractivity contribution in [1.82, 2.24) is 0 Å². The highest BCUT2D eigenvalue weighted by Gasteiger charge is 2.25. The Kier molecular flexibility index (Phi) is 6.95. The number of nitrogens with one attached hydrogen (secondary N) is 1. The molecule has 150 valence electrons. The Labute approximate surface area is 198 Å². The van der Waals surface area contributed by atoms with E-state index in [0.29, 0.717) is 5.56 Å². The van der Waals surface area contributed by atoms with Crippen LogP contribution in [0.5, 0.6) is 5.75 Å². The predicted octanol–water partition coefficient (Wildman–Crippen LogP) is 6.94. The summed E-state index contributed by atoms with van der Waals surface area (Å²) in [6.07, 6.45) is 0. The molecule has 0 saturated heterocycles. The molecule has 0 aliphatic heterocycles. The second kappa shape index (κ2) is 9.09. The number of anilines is 1. The fourth-order valence-corrected chi connectivity index (χ4v) is 4.96. The van der Waals surface area contributed by atoms with Crippen LogP contribution in [-0.2, 0) is 0 Å². The van der Waals surface area contributed by atoms with Crippen molar-refractivity contribution in [2.24, 2.45) is 0 Å². The lowest BCUT2D eigenvalue weighted by Gasteiger charge is -2.12. The molecule has 0 spiro atoms. The van der Waals surface area contributed by atoms with Crippen LogP contribution in [0.3, 0.4) is 0 Å². The Morgan fingerprint density at radius 2 is 1.86 bits per heavy atom. The first-order valence-corrected chi connectivity index (χ1v) is 11.0. The first-order valence-electron chi connectivity index (χ1n) is 7.88. The minimum absolute atomic E-state index is 0.0165. The van der Waals surface area contributed by atoms with Gasteiger partial charge in [-0.25, -0.2) is 4.79 Å². The van der Waals surface area contributed by atoms with Crippen molar-refractivity contribution in [3.8, 4) is 16.9 Å². The summed E-state index contributed by atoms with van der Waals surface area (Å²) in [6.45, 7) is 0. The van der Waals surface area contributed by atoms with Gasteiger partial charge in [0.15, 0.2) is 0 Å². The Morgan fingerprint density at radius 3 is 2.48 bits per heavy atom. The fourth-order valence-electron chi connectivity index (χ4n) is 2.63. The number of carboxylic acids is 1. The maximum Gasteiger partial charge on any atom is 0.339 e. The summed E-state index contributed by atoms with van der Waals surface area (Å²) in [5.41, 5.74) is 1.15. The monoisotopic (exact) mass is 581 g/mol. The van der Waals surface area contributed by atoms with Crippen molar-refractivity contribution in [2.45, 2.75) is 0 Å². The van der Waals surface area contributed by atoms with Gasteiger partial charge in [0.05, 0.1) is 22.7 Å². The number of thiophene rings is 1. The van der Waals surface area contributed by atoms with E-state index < -0.39 is 11.9 Å². The molecule has 0 fully saturated rings. The van der Waals surface area contributed by atoms with Gasteiger partial charge in [0, 0.05) is 20.6 Å². The highest BCUT2D eigenvalue weighted by Crippen LogP contribution is 2.41. The standard InChI is InChI=1S/C19H11Cl3INO4S/c1-28-12-6-11(20)14(16(22)15(12)21)17(25)24-18-13(19(26)27)10(7-29-18)8-3-2-4-9(23)5-8/h2-7H,1H3,(H,24,25)(H,26,27). The van der Waals surface area contributed by atoms with Crippen LogP contribution >= 0.6 is 68.7 Å². The van der Waals surface area contributed by atoms with Gasteiger partial charge < -0.3 is 15.2 Å². The van der Waals surface area contributed by atoms with E-state index in [1.807, 2.05) is 18.2 Å². The van der Waals surface area contributed by atoms with Gasteiger partial charge in [0.25, 0.3) is 5.91 Å². The van der Waals surface area contributed by atoms with E-state index >= 15 is 0 Å². The summed E-state index contributed by atoms with van der Waals surface area (Å²) in [7, 11) is 1.39. The Bertz CT molecular complexity index is 1130. The number of rotatable bonds is 5.